The van der Waals surface area contributed by atoms with Gasteiger partial charge in [0.15, 0.2) is 23.3 Å². The molecule has 0 atom stereocenters. The number of hydrogen-bond donors (Lipinski definition) is 1. The second-order valence-electron chi connectivity index (χ2n) is 3.48. The van der Waals surface area contributed by atoms with Crippen LogP contribution >= 0.6 is 11.6 Å². The van der Waals surface area contributed by atoms with Crippen LogP contribution < -0.4 is 10.1 Å². The zero-order valence-corrected chi connectivity index (χ0v) is 10.8. The van der Waals surface area contributed by atoms with E-state index in [0.29, 0.717) is 0 Å². The fraction of sp³-hybridized carbons (Fsp3) is 0.100. The summed E-state index contributed by atoms with van der Waals surface area (Å²) in [5.74, 6) is -11.2. The summed E-state index contributed by atoms with van der Waals surface area (Å²) in [7, 11) is 1.17. The number of nitrogens with zero attached hydrogens (tertiary/aromatic N) is 3. The molecule has 0 fully saturated rings. The predicted molar refractivity (Wildman–Crippen MR) is 60.9 cm³/mol. The molecule has 0 aliphatic carbocycles. The van der Waals surface area contributed by atoms with Gasteiger partial charge in [0.1, 0.15) is 5.69 Å². The highest BCUT2D eigenvalue weighted by atomic mass is 35.5. The summed E-state index contributed by atoms with van der Waals surface area (Å²) < 4.78 is 70.5. The fourth-order valence-electron chi connectivity index (χ4n) is 1.31. The van der Waals surface area contributed by atoms with Crippen molar-refractivity contribution >= 4 is 23.2 Å². The van der Waals surface area contributed by atoms with Gasteiger partial charge in [0, 0.05) is 0 Å². The molecule has 0 amide bonds. The molecule has 2 aromatic rings. The fourth-order valence-corrected chi connectivity index (χ4v) is 1.46. The van der Waals surface area contributed by atoms with Crippen LogP contribution in [0.5, 0.6) is 6.01 Å². The number of aromatic nitrogens is 3. The Morgan fingerprint density at radius 2 is 1.38 bits per heavy atom. The summed E-state index contributed by atoms with van der Waals surface area (Å²) in [6.07, 6.45) is 0. The Hall–Kier alpha value is -2.23. The Labute approximate surface area is 118 Å². The van der Waals surface area contributed by atoms with Crippen molar-refractivity contribution in [3.63, 3.8) is 0 Å². The molecule has 0 saturated heterocycles. The van der Waals surface area contributed by atoms with Crippen molar-refractivity contribution in [2.45, 2.75) is 0 Å². The van der Waals surface area contributed by atoms with Gasteiger partial charge in [0.25, 0.3) is 0 Å². The third-order valence-corrected chi connectivity index (χ3v) is 2.39. The van der Waals surface area contributed by atoms with Crippen LogP contribution in [0.15, 0.2) is 0 Å². The highest BCUT2D eigenvalue weighted by molar-refractivity contribution is 6.28. The highest BCUT2D eigenvalue weighted by Gasteiger charge is 2.26. The van der Waals surface area contributed by atoms with Gasteiger partial charge in [-0.25, -0.2) is 22.0 Å². The second-order valence-corrected chi connectivity index (χ2v) is 3.82. The minimum absolute atomic E-state index is 0.318. The first-order chi connectivity index (χ1) is 9.85. The lowest BCUT2D eigenvalue weighted by molar-refractivity contribution is 0.378. The lowest BCUT2D eigenvalue weighted by Crippen LogP contribution is -2.09. The van der Waals surface area contributed by atoms with Gasteiger partial charge in [-0.05, 0) is 11.6 Å². The summed E-state index contributed by atoms with van der Waals surface area (Å²) in [6, 6.07) is -0.318. The molecule has 5 nitrogen and oxygen atoms in total. The number of anilines is 2. The van der Waals surface area contributed by atoms with E-state index in [1.54, 1.807) is 0 Å². The maximum Gasteiger partial charge on any atom is 0.322 e. The van der Waals surface area contributed by atoms with Crippen molar-refractivity contribution < 1.29 is 26.7 Å². The SMILES string of the molecule is COc1nc(Cl)nc(Nc2c(F)c(F)c(F)c(F)c2F)n1. The van der Waals surface area contributed by atoms with Crippen molar-refractivity contribution in [1.29, 1.82) is 0 Å². The molecular weight excluding hydrogens is 323 g/mol. The van der Waals surface area contributed by atoms with Crippen molar-refractivity contribution in [2.75, 3.05) is 12.4 Å². The Morgan fingerprint density at radius 3 is 1.90 bits per heavy atom. The molecule has 1 aromatic carbocycles. The van der Waals surface area contributed by atoms with E-state index in [-0.39, 0.29) is 6.01 Å². The van der Waals surface area contributed by atoms with Crippen molar-refractivity contribution in [3.05, 3.63) is 34.4 Å². The molecule has 0 saturated carbocycles. The zero-order chi connectivity index (χ0) is 15.7. The predicted octanol–water partition coefficient (Wildman–Crippen LogP) is 2.97. The summed E-state index contributed by atoms with van der Waals surface area (Å²) in [4.78, 5) is 10.4. The first-order valence-corrected chi connectivity index (χ1v) is 5.47. The molecule has 21 heavy (non-hydrogen) atoms. The molecular formula is C10H4ClF5N4O. The van der Waals surface area contributed by atoms with Gasteiger partial charge in [-0.15, -0.1) is 0 Å². The topological polar surface area (TPSA) is 59.9 Å². The Balaban J connectivity index is 2.52. The van der Waals surface area contributed by atoms with Gasteiger partial charge in [-0.3, -0.25) is 0 Å². The lowest BCUT2D eigenvalue weighted by atomic mass is 10.2. The molecule has 2 rings (SSSR count). The van der Waals surface area contributed by atoms with Crippen LogP contribution in [0.3, 0.4) is 0 Å². The van der Waals surface area contributed by atoms with Gasteiger partial charge in [-0.2, -0.15) is 15.0 Å². The van der Waals surface area contributed by atoms with Crippen LogP contribution in [0.4, 0.5) is 33.6 Å². The number of methoxy groups -OCH3 is 1. The van der Waals surface area contributed by atoms with Gasteiger partial charge >= 0.3 is 6.01 Å². The molecule has 1 heterocycles. The van der Waals surface area contributed by atoms with Crippen LogP contribution in [0.25, 0.3) is 0 Å². The van der Waals surface area contributed by atoms with E-state index in [2.05, 4.69) is 19.7 Å². The molecule has 0 aliphatic heterocycles. The average molecular weight is 327 g/mol. The lowest BCUT2D eigenvalue weighted by Gasteiger charge is -2.10. The van der Waals surface area contributed by atoms with Crippen LogP contribution in [0, 0.1) is 29.1 Å². The minimum atomic E-state index is -2.28. The quantitative estimate of drug-likeness (QED) is 0.534. The monoisotopic (exact) mass is 326 g/mol. The van der Waals surface area contributed by atoms with Crippen molar-refractivity contribution in [1.82, 2.24) is 15.0 Å². The number of ether oxygens (including phenoxy) is 1. The number of rotatable bonds is 3. The molecule has 0 unspecified atom stereocenters. The molecule has 0 radical (unpaired) electrons. The molecule has 1 N–H and O–H groups in total. The molecule has 0 aliphatic rings. The van der Waals surface area contributed by atoms with Crippen LogP contribution in [-0.4, -0.2) is 22.1 Å². The van der Waals surface area contributed by atoms with Crippen LogP contribution in [0.2, 0.25) is 5.28 Å². The number of benzene rings is 1. The smallest absolute Gasteiger partial charge is 0.322 e. The normalized spacial score (nSPS) is 10.6. The van der Waals surface area contributed by atoms with E-state index in [9.17, 15) is 22.0 Å². The van der Waals surface area contributed by atoms with Gasteiger partial charge < -0.3 is 10.1 Å². The summed E-state index contributed by atoms with van der Waals surface area (Å²) >= 11 is 5.48. The maximum atomic E-state index is 13.5. The Bertz CT molecular complexity index is 685. The second kappa shape index (κ2) is 5.64. The van der Waals surface area contributed by atoms with Crippen molar-refractivity contribution in [3.8, 4) is 6.01 Å². The minimum Gasteiger partial charge on any atom is -0.467 e. The van der Waals surface area contributed by atoms with Crippen LogP contribution in [-0.2, 0) is 0 Å². The van der Waals surface area contributed by atoms with Gasteiger partial charge in [-0.1, -0.05) is 0 Å². The Morgan fingerprint density at radius 1 is 0.857 bits per heavy atom. The van der Waals surface area contributed by atoms with Gasteiger partial charge in [0.05, 0.1) is 7.11 Å². The first kappa shape index (κ1) is 15.2. The third kappa shape index (κ3) is 2.79. The first-order valence-electron chi connectivity index (χ1n) is 5.09. The van der Waals surface area contributed by atoms with Crippen LogP contribution in [0.1, 0.15) is 0 Å². The number of halogens is 6. The molecule has 112 valence electrons. The number of hydrogen-bond acceptors (Lipinski definition) is 5. The van der Waals surface area contributed by atoms with E-state index in [1.807, 2.05) is 5.32 Å². The highest BCUT2D eigenvalue weighted by Crippen LogP contribution is 2.29. The largest absolute Gasteiger partial charge is 0.467 e. The zero-order valence-electron chi connectivity index (χ0n) is 10.0. The molecule has 11 heteroatoms. The summed E-state index contributed by atoms with van der Waals surface area (Å²) in [5.41, 5.74) is -1.32. The third-order valence-electron chi connectivity index (χ3n) is 2.22. The molecule has 1 aromatic heterocycles. The Kier molecular flexibility index (Phi) is 4.07. The number of nitrogens with one attached hydrogen (secondary N) is 1. The average Bonchev–Trinajstić information content (AvgIpc) is 2.47. The molecule has 0 bridgehead atoms. The summed E-state index contributed by atoms with van der Waals surface area (Å²) in [6.45, 7) is 0. The summed E-state index contributed by atoms with van der Waals surface area (Å²) in [5, 5.41) is 1.43. The van der Waals surface area contributed by atoms with Crippen molar-refractivity contribution in [2.24, 2.45) is 0 Å². The van der Waals surface area contributed by atoms with E-state index in [1.165, 1.54) is 7.11 Å². The van der Waals surface area contributed by atoms with E-state index in [0.717, 1.165) is 0 Å². The molecule has 0 spiro atoms. The van der Waals surface area contributed by atoms with E-state index >= 15 is 0 Å². The van der Waals surface area contributed by atoms with Gasteiger partial charge in [0.2, 0.25) is 17.0 Å². The maximum absolute atomic E-state index is 13.5. The van der Waals surface area contributed by atoms with E-state index < -0.39 is 46.0 Å². The standard InChI is InChI=1S/C10H4ClF5N4O/c1-21-10-19-8(11)18-9(20-10)17-7-5(15)3(13)2(12)4(14)6(7)16/h1H3,(H,17,18,19,20). The van der Waals surface area contributed by atoms with E-state index in [4.69, 9.17) is 11.6 Å².